The number of aliphatic imine (C=N–C) groups is 1. The molecule has 220 valence electrons. The lowest BCUT2D eigenvalue weighted by molar-refractivity contribution is -0.137. The van der Waals surface area contributed by atoms with Gasteiger partial charge in [-0.3, -0.25) is 13.9 Å². The summed E-state index contributed by atoms with van der Waals surface area (Å²) in [5.74, 6) is -1.88. The summed E-state index contributed by atoms with van der Waals surface area (Å²) in [7, 11) is -4.21. The molecule has 0 radical (unpaired) electrons. The maximum Gasteiger partial charge on any atom is 0.418 e. The highest BCUT2D eigenvalue weighted by Gasteiger charge is 2.55. The number of cyclic esters (lactones) is 1. The summed E-state index contributed by atoms with van der Waals surface area (Å²) in [5, 5.41) is 2.78. The van der Waals surface area contributed by atoms with Crippen LogP contribution in [0.5, 0.6) is 0 Å². The summed E-state index contributed by atoms with van der Waals surface area (Å²) in [6.07, 6.45) is 2.89. The highest BCUT2D eigenvalue weighted by atomic mass is 32.2. The van der Waals surface area contributed by atoms with E-state index in [1.807, 2.05) is 19.2 Å². The van der Waals surface area contributed by atoms with Crippen LogP contribution in [0.1, 0.15) is 40.0 Å². The summed E-state index contributed by atoms with van der Waals surface area (Å²) in [5.41, 5.74) is -1.03. The number of fused-ring (bicyclic) bond motifs is 1. The number of rotatable bonds is 12. The number of carbonyl (C=O) groups is 3. The van der Waals surface area contributed by atoms with Gasteiger partial charge in [0.25, 0.3) is 21.8 Å². The van der Waals surface area contributed by atoms with E-state index < -0.39 is 39.6 Å². The van der Waals surface area contributed by atoms with Crippen molar-refractivity contribution in [2.24, 2.45) is 4.99 Å². The molecule has 13 heteroatoms. The van der Waals surface area contributed by atoms with E-state index in [-0.39, 0.29) is 36.0 Å². The molecule has 2 aromatic carbocycles. The van der Waals surface area contributed by atoms with E-state index in [1.54, 1.807) is 30.3 Å². The van der Waals surface area contributed by atoms with Gasteiger partial charge in [-0.15, -0.1) is 11.8 Å². The standard InChI is InChI=1S/C28H34N4O7S2/c1-5-6-17-38-18-11-16-31-24(29-20-13-8-10-15-22(20)41(31,36)37)23(32-26(34)28(2,3)39-27(32)35)25(33)30-19-12-7-9-14-21(19)40-4/h7-10,12-15,23H,5-6,11,16-18H2,1-4H3,(H,30,33). The minimum absolute atomic E-state index is 0.0433. The first-order valence-corrected chi connectivity index (χ1v) is 16.0. The molecule has 0 aliphatic carbocycles. The molecular formula is C28H34N4O7S2. The maximum absolute atomic E-state index is 14.0. The number of amides is 3. The van der Waals surface area contributed by atoms with Gasteiger partial charge in [0.05, 0.1) is 11.4 Å². The van der Waals surface area contributed by atoms with Gasteiger partial charge in [-0.2, -0.15) is 0 Å². The number of anilines is 1. The molecule has 0 aromatic heterocycles. The zero-order valence-electron chi connectivity index (χ0n) is 23.5. The largest absolute Gasteiger partial charge is 0.433 e. The fourth-order valence-electron chi connectivity index (χ4n) is 4.49. The van der Waals surface area contributed by atoms with Gasteiger partial charge in [0.1, 0.15) is 4.90 Å². The fraction of sp³-hybridized carbons (Fsp3) is 0.429. The van der Waals surface area contributed by atoms with E-state index in [2.05, 4.69) is 10.3 Å². The second kappa shape index (κ2) is 12.6. The summed E-state index contributed by atoms with van der Waals surface area (Å²) in [6.45, 7) is 5.58. The Balaban J connectivity index is 1.81. The number of imide groups is 1. The summed E-state index contributed by atoms with van der Waals surface area (Å²) >= 11 is 1.39. The van der Waals surface area contributed by atoms with Crippen molar-refractivity contribution in [3.8, 4) is 0 Å². The number of sulfonamides is 1. The molecule has 2 aliphatic rings. The van der Waals surface area contributed by atoms with Crippen LogP contribution >= 0.6 is 11.8 Å². The number of benzene rings is 2. The van der Waals surface area contributed by atoms with Crippen molar-refractivity contribution in [1.82, 2.24) is 9.21 Å². The number of amidine groups is 1. The van der Waals surface area contributed by atoms with Crippen molar-refractivity contribution in [3.05, 3.63) is 48.5 Å². The van der Waals surface area contributed by atoms with Gasteiger partial charge in [0, 0.05) is 24.7 Å². The van der Waals surface area contributed by atoms with E-state index in [0.29, 0.717) is 17.2 Å². The smallest absolute Gasteiger partial charge is 0.418 e. The van der Waals surface area contributed by atoms with E-state index in [0.717, 1.165) is 22.0 Å². The lowest BCUT2D eigenvalue weighted by Gasteiger charge is -2.35. The first-order valence-electron chi connectivity index (χ1n) is 13.3. The Labute approximate surface area is 244 Å². The second-order valence-electron chi connectivity index (χ2n) is 9.98. The van der Waals surface area contributed by atoms with Crippen LogP contribution in [-0.2, 0) is 29.1 Å². The van der Waals surface area contributed by atoms with Crippen LogP contribution in [0.3, 0.4) is 0 Å². The number of unbranched alkanes of at least 4 members (excludes halogenated alkanes) is 1. The average molecular weight is 603 g/mol. The van der Waals surface area contributed by atoms with Crippen molar-refractivity contribution in [2.75, 3.05) is 31.3 Å². The molecule has 11 nitrogen and oxygen atoms in total. The SMILES string of the molecule is CCCCOCCCN1C(C(C(=O)Nc2ccccc2SC)N2C(=O)OC(C)(C)C2=O)=Nc2ccccc2S1(=O)=O. The molecule has 1 saturated heterocycles. The number of carbonyl (C=O) groups excluding carboxylic acids is 3. The molecule has 0 spiro atoms. The maximum atomic E-state index is 14.0. The van der Waals surface area contributed by atoms with Gasteiger partial charge in [-0.05, 0) is 57.2 Å². The monoisotopic (exact) mass is 602 g/mol. The average Bonchev–Trinajstić information content (AvgIpc) is 3.14. The van der Waals surface area contributed by atoms with E-state index in [9.17, 15) is 22.8 Å². The summed E-state index contributed by atoms with van der Waals surface area (Å²) < 4.78 is 39.8. The van der Waals surface area contributed by atoms with Crippen LogP contribution in [0.2, 0.25) is 0 Å². The van der Waals surface area contributed by atoms with Gasteiger partial charge in [0.2, 0.25) is 0 Å². The quantitative estimate of drug-likeness (QED) is 0.279. The predicted molar refractivity (Wildman–Crippen MR) is 156 cm³/mol. The minimum Gasteiger partial charge on any atom is -0.433 e. The van der Waals surface area contributed by atoms with Crippen molar-refractivity contribution in [2.45, 2.75) is 61.5 Å². The van der Waals surface area contributed by atoms with Crippen LogP contribution in [0.4, 0.5) is 16.2 Å². The minimum atomic E-state index is -4.21. The Morgan fingerprint density at radius 1 is 1.10 bits per heavy atom. The fourth-order valence-corrected chi connectivity index (χ4v) is 6.66. The summed E-state index contributed by atoms with van der Waals surface area (Å²) in [6, 6.07) is 11.4. The van der Waals surface area contributed by atoms with Crippen LogP contribution < -0.4 is 5.32 Å². The highest BCUT2D eigenvalue weighted by Crippen LogP contribution is 2.36. The van der Waals surface area contributed by atoms with Gasteiger partial charge in [-0.1, -0.05) is 37.6 Å². The Kier molecular flexibility index (Phi) is 9.40. The first-order chi connectivity index (χ1) is 19.5. The third-order valence-corrected chi connectivity index (χ3v) is 9.25. The normalized spacial score (nSPS) is 18.0. The van der Waals surface area contributed by atoms with Crippen LogP contribution in [-0.4, -0.2) is 79.0 Å². The molecule has 0 saturated carbocycles. The number of para-hydroxylation sites is 2. The number of hydrogen-bond acceptors (Lipinski definition) is 9. The lowest BCUT2D eigenvalue weighted by Crippen LogP contribution is -2.59. The molecule has 1 atom stereocenters. The van der Waals surface area contributed by atoms with Gasteiger partial charge < -0.3 is 14.8 Å². The second-order valence-corrected chi connectivity index (χ2v) is 12.7. The molecule has 1 N–H and O–H groups in total. The van der Waals surface area contributed by atoms with Crippen LogP contribution in [0.15, 0.2) is 63.3 Å². The number of hydrogen-bond donors (Lipinski definition) is 1. The molecule has 2 heterocycles. The van der Waals surface area contributed by atoms with Gasteiger partial charge in [-0.25, -0.2) is 23.1 Å². The van der Waals surface area contributed by atoms with Crippen molar-refractivity contribution < 1.29 is 32.3 Å². The number of thioether (sulfide) groups is 1. The lowest BCUT2D eigenvalue weighted by atomic mass is 10.1. The predicted octanol–water partition coefficient (Wildman–Crippen LogP) is 4.41. The molecule has 2 aromatic rings. The van der Waals surface area contributed by atoms with Crippen molar-refractivity contribution >= 4 is 56.9 Å². The zero-order valence-corrected chi connectivity index (χ0v) is 25.1. The van der Waals surface area contributed by atoms with E-state index >= 15 is 0 Å². The third-order valence-electron chi connectivity index (χ3n) is 6.60. The molecule has 3 amide bonds. The Morgan fingerprint density at radius 3 is 2.46 bits per heavy atom. The van der Waals surface area contributed by atoms with Crippen LogP contribution in [0, 0.1) is 0 Å². The zero-order chi connectivity index (χ0) is 29.8. The molecule has 1 unspecified atom stereocenters. The third kappa shape index (κ3) is 6.26. The van der Waals surface area contributed by atoms with Crippen LogP contribution in [0.25, 0.3) is 0 Å². The van der Waals surface area contributed by atoms with Crippen molar-refractivity contribution in [1.29, 1.82) is 0 Å². The highest BCUT2D eigenvalue weighted by molar-refractivity contribution is 7.98. The Morgan fingerprint density at radius 2 is 1.78 bits per heavy atom. The molecule has 2 aliphatic heterocycles. The molecule has 41 heavy (non-hydrogen) atoms. The number of ether oxygens (including phenoxy) is 2. The van der Waals surface area contributed by atoms with E-state index in [4.69, 9.17) is 9.47 Å². The number of nitrogens with one attached hydrogen (secondary N) is 1. The molecule has 0 bridgehead atoms. The van der Waals surface area contributed by atoms with Gasteiger partial charge in [0.15, 0.2) is 17.5 Å². The Bertz CT molecular complexity index is 1460. The number of nitrogens with zero attached hydrogens (tertiary/aromatic N) is 3. The van der Waals surface area contributed by atoms with Gasteiger partial charge >= 0.3 is 6.09 Å². The first kappa shape index (κ1) is 30.5. The molecular weight excluding hydrogens is 568 g/mol. The molecule has 4 rings (SSSR count). The summed E-state index contributed by atoms with van der Waals surface area (Å²) in [4.78, 5) is 46.5. The van der Waals surface area contributed by atoms with E-state index in [1.165, 1.54) is 37.7 Å². The topological polar surface area (TPSA) is 135 Å². The Hall–Kier alpha value is -3.42. The van der Waals surface area contributed by atoms with Crippen molar-refractivity contribution in [3.63, 3.8) is 0 Å². The molecule has 1 fully saturated rings.